The number of halogens is 1. The lowest BCUT2D eigenvalue weighted by Crippen LogP contribution is -1.99. The molecule has 0 N–H and O–H groups in total. The molecule has 1 aliphatic carbocycles. The maximum Gasteiger partial charge on any atom is 0.0740 e. The fraction of sp³-hybridized carbons (Fsp3) is 0.167. The number of nitrogens with zero attached hydrogens (tertiary/aromatic N) is 1. The molecular weight excluding hydrogens is 421 g/mol. The molecule has 0 heterocycles. The fourth-order valence-corrected chi connectivity index (χ4v) is 3.98. The fourth-order valence-electron chi connectivity index (χ4n) is 2.33. The third kappa shape index (κ3) is 4.78. The molecule has 0 aliphatic heterocycles. The second-order valence-corrected chi connectivity index (χ2v) is 6.71. The van der Waals surface area contributed by atoms with Gasteiger partial charge in [-0.1, -0.05) is 59.2 Å². The van der Waals surface area contributed by atoms with E-state index in [1.54, 1.807) is 0 Å². The van der Waals surface area contributed by atoms with E-state index in [2.05, 4.69) is 79.9 Å². The van der Waals surface area contributed by atoms with Crippen LogP contribution >= 0.6 is 46.6 Å². The van der Waals surface area contributed by atoms with Crippen molar-refractivity contribution in [1.29, 1.82) is 0 Å². The standard InChI is InChI=1S/C18H16INS2/c1-2-4-14-5-3-6-15(11-12-19)18(14)22-17-9-7-16(8-10-17)20-13-21/h2,4,7-12H,1,3,5-6H2/b12-11+,14-4+. The Morgan fingerprint density at radius 2 is 2.05 bits per heavy atom. The second kappa shape index (κ2) is 9.26. The zero-order valence-electron chi connectivity index (χ0n) is 12.1. The number of aliphatic imine (C=N–C) groups is 1. The van der Waals surface area contributed by atoms with E-state index in [9.17, 15) is 0 Å². The second-order valence-electron chi connectivity index (χ2n) is 4.73. The number of allylic oxidation sites excluding steroid dienone is 5. The van der Waals surface area contributed by atoms with Gasteiger partial charge < -0.3 is 0 Å². The molecule has 0 unspecified atom stereocenters. The van der Waals surface area contributed by atoms with E-state index < -0.39 is 0 Å². The highest BCUT2D eigenvalue weighted by Crippen LogP contribution is 2.41. The molecular formula is C18H16INS2. The van der Waals surface area contributed by atoms with Crippen LogP contribution in [0.2, 0.25) is 0 Å². The van der Waals surface area contributed by atoms with E-state index in [4.69, 9.17) is 0 Å². The van der Waals surface area contributed by atoms with Crippen LogP contribution < -0.4 is 0 Å². The summed E-state index contributed by atoms with van der Waals surface area (Å²) in [5.41, 5.74) is 3.61. The van der Waals surface area contributed by atoms with Gasteiger partial charge in [0.1, 0.15) is 0 Å². The summed E-state index contributed by atoms with van der Waals surface area (Å²) in [6.07, 6.45) is 9.66. The van der Waals surface area contributed by atoms with Crippen molar-refractivity contribution < 1.29 is 0 Å². The van der Waals surface area contributed by atoms with Crippen LogP contribution in [0.1, 0.15) is 19.3 Å². The Bertz CT molecular complexity index is 678. The number of hydrogen-bond donors (Lipinski definition) is 0. The van der Waals surface area contributed by atoms with Gasteiger partial charge in [0, 0.05) is 9.80 Å². The highest BCUT2D eigenvalue weighted by atomic mass is 127. The van der Waals surface area contributed by atoms with Crippen molar-refractivity contribution in [2.45, 2.75) is 24.2 Å². The van der Waals surface area contributed by atoms with E-state index in [-0.39, 0.29) is 0 Å². The van der Waals surface area contributed by atoms with Gasteiger partial charge in [-0.3, -0.25) is 0 Å². The predicted molar refractivity (Wildman–Crippen MR) is 109 cm³/mol. The number of hydrogen-bond acceptors (Lipinski definition) is 3. The molecule has 0 saturated carbocycles. The normalized spacial score (nSPS) is 16.9. The third-order valence-electron chi connectivity index (χ3n) is 3.29. The number of thioether (sulfide) groups is 1. The highest BCUT2D eigenvalue weighted by molar-refractivity contribution is 14.1. The average Bonchev–Trinajstić information content (AvgIpc) is 2.53. The minimum Gasteiger partial charge on any atom is -0.195 e. The first-order valence-electron chi connectivity index (χ1n) is 6.96. The lowest BCUT2D eigenvalue weighted by atomic mass is 9.94. The quantitative estimate of drug-likeness (QED) is 0.279. The van der Waals surface area contributed by atoms with Crippen molar-refractivity contribution in [1.82, 2.24) is 0 Å². The van der Waals surface area contributed by atoms with E-state index in [1.165, 1.54) is 27.4 Å². The summed E-state index contributed by atoms with van der Waals surface area (Å²) in [5, 5.41) is 2.39. The summed E-state index contributed by atoms with van der Waals surface area (Å²) in [4.78, 5) is 6.55. The zero-order chi connectivity index (χ0) is 15.8. The first-order valence-corrected chi connectivity index (χ1v) is 9.43. The molecule has 2 rings (SSSR count). The molecule has 112 valence electrons. The lowest BCUT2D eigenvalue weighted by Gasteiger charge is -2.21. The van der Waals surface area contributed by atoms with Crippen molar-refractivity contribution in [2.24, 2.45) is 4.99 Å². The molecule has 4 heteroatoms. The van der Waals surface area contributed by atoms with Gasteiger partial charge in [0.25, 0.3) is 0 Å². The van der Waals surface area contributed by atoms with Crippen LogP contribution in [0.25, 0.3) is 0 Å². The number of benzene rings is 1. The number of thiocarbonyl (C=S) groups is 1. The van der Waals surface area contributed by atoms with E-state index in [0.29, 0.717) is 0 Å². The van der Waals surface area contributed by atoms with Gasteiger partial charge in [0.15, 0.2) is 0 Å². The highest BCUT2D eigenvalue weighted by Gasteiger charge is 2.16. The van der Waals surface area contributed by atoms with Crippen molar-refractivity contribution >= 4 is 57.4 Å². The molecule has 1 aromatic carbocycles. The molecule has 0 radical (unpaired) electrons. The maximum atomic E-state index is 4.63. The van der Waals surface area contributed by atoms with Gasteiger partial charge >= 0.3 is 0 Å². The third-order valence-corrected chi connectivity index (χ3v) is 4.98. The van der Waals surface area contributed by atoms with E-state index in [0.717, 1.165) is 18.5 Å². The van der Waals surface area contributed by atoms with Gasteiger partial charge in [-0.05, 0) is 71.0 Å². The van der Waals surface area contributed by atoms with E-state index >= 15 is 0 Å². The molecule has 0 bridgehead atoms. The van der Waals surface area contributed by atoms with Crippen LogP contribution in [0.15, 0.2) is 79.1 Å². The summed E-state index contributed by atoms with van der Waals surface area (Å²) in [6, 6.07) is 8.09. The Balaban J connectivity index is 2.34. The zero-order valence-corrected chi connectivity index (χ0v) is 15.9. The molecule has 22 heavy (non-hydrogen) atoms. The minimum atomic E-state index is 0.839. The summed E-state index contributed by atoms with van der Waals surface area (Å²) in [6.45, 7) is 3.84. The maximum absolute atomic E-state index is 4.63. The molecule has 1 aliphatic rings. The summed E-state index contributed by atoms with van der Waals surface area (Å²) >= 11 is 8.72. The topological polar surface area (TPSA) is 12.4 Å². The monoisotopic (exact) mass is 437 g/mol. The smallest absolute Gasteiger partial charge is 0.0740 e. The largest absolute Gasteiger partial charge is 0.195 e. The number of rotatable bonds is 5. The average molecular weight is 437 g/mol. The van der Waals surface area contributed by atoms with Crippen LogP contribution in [0.4, 0.5) is 5.69 Å². The Morgan fingerprint density at radius 1 is 1.27 bits per heavy atom. The summed E-state index contributed by atoms with van der Waals surface area (Å²) in [5.74, 6) is 0. The Labute approximate surface area is 155 Å². The van der Waals surface area contributed by atoms with Gasteiger partial charge in [-0.2, -0.15) is 4.99 Å². The van der Waals surface area contributed by atoms with Crippen molar-refractivity contribution in [3.8, 4) is 0 Å². The van der Waals surface area contributed by atoms with Crippen molar-refractivity contribution in [2.75, 3.05) is 0 Å². The van der Waals surface area contributed by atoms with Gasteiger partial charge in [-0.15, -0.1) is 0 Å². The predicted octanol–water partition coefficient (Wildman–Crippen LogP) is 7.01. The summed E-state index contributed by atoms with van der Waals surface area (Å²) in [7, 11) is 0. The Kier molecular flexibility index (Phi) is 7.33. The first-order chi connectivity index (χ1) is 10.8. The van der Waals surface area contributed by atoms with Crippen LogP contribution in [-0.4, -0.2) is 5.16 Å². The molecule has 0 spiro atoms. The van der Waals surface area contributed by atoms with E-state index in [1.807, 2.05) is 30.0 Å². The molecule has 1 aromatic rings. The minimum absolute atomic E-state index is 0.839. The number of isothiocyanates is 1. The molecule has 0 aromatic heterocycles. The molecule has 0 fully saturated rings. The lowest BCUT2D eigenvalue weighted by molar-refractivity contribution is 0.793. The Morgan fingerprint density at radius 3 is 2.68 bits per heavy atom. The molecule has 1 nitrogen and oxygen atoms in total. The van der Waals surface area contributed by atoms with Gasteiger partial charge in [0.2, 0.25) is 0 Å². The molecule has 0 atom stereocenters. The Hall–Kier alpha value is -0.940. The molecule has 0 amide bonds. The van der Waals surface area contributed by atoms with Crippen molar-refractivity contribution in [3.05, 3.63) is 69.2 Å². The van der Waals surface area contributed by atoms with Crippen LogP contribution in [0.3, 0.4) is 0 Å². The van der Waals surface area contributed by atoms with Crippen LogP contribution in [0, 0.1) is 0 Å². The SMILES string of the molecule is C=C/C=C1\CCCC(/C=C/I)=C1Sc1ccc(N=C=S)cc1. The molecule has 0 saturated heterocycles. The van der Waals surface area contributed by atoms with Crippen LogP contribution in [0.5, 0.6) is 0 Å². The summed E-state index contributed by atoms with van der Waals surface area (Å²) < 4.78 is 2.09. The van der Waals surface area contributed by atoms with Gasteiger partial charge in [0.05, 0.1) is 10.8 Å². The first kappa shape index (κ1) is 17.4. The van der Waals surface area contributed by atoms with Crippen molar-refractivity contribution in [3.63, 3.8) is 0 Å². The van der Waals surface area contributed by atoms with Crippen LogP contribution in [-0.2, 0) is 0 Å². The van der Waals surface area contributed by atoms with Gasteiger partial charge in [-0.25, -0.2) is 0 Å².